The standard InChI is InChI=1S/C13H19N3S/c1-16(8-12-9-17-10-15-12)13-6-4-2-3-5-11(13)7-14/h9-11,13H,2-6,8H2,1H3. The molecule has 92 valence electrons. The van der Waals surface area contributed by atoms with Crippen molar-refractivity contribution in [3.8, 4) is 6.07 Å². The molecule has 0 aromatic carbocycles. The summed E-state index contributed by atoms with van der Waals surface area (Å²) >= 11 is 1.64. The molecule has 0 saturated heterocycles. The van der Waals surface area contributed by atoms with Crippen LogP contribution in [0, 0.1) is 17.2 Å². The molecule has 1 fully saturated rings. The molecule has 1 aromatic heterocycles. The first-order valence-corrected chi connectivity index (χ1v) is 7.22. The number of thiazole rings is 1. The van der Waals surface area contributed by atoms with Gasteiger partial charge in [-0.15, -0.1) is 11.3 Å². The van der Waals surface area contributed by atoms with Crippen molar-refractivity contribution in [1.82, 2.24) is 9.88 Å². The highest BCUT2D eigenvalue weighted by atomic mass is 32.1. The molecule has 3 nitrogen and oxygen atoms in total. The van der Waals surface area contributed by atoms with Crippen molar-refractivity contribution >= 4 is 11.3 Å². The van der Waals surface area contributed by atoms with Gasteiger partial charge in [0.15, 0.2) is 0 Å². The van der Waals surface area contributed by atoms with E-state index in [1.54, 1.807) is 11.3 Å². The Balaban J connectivity index is 2.00. The maximum absolute atomic E-state index is 9.27. The SMILES string of the molecule is CN(Cc1cscn1)C1CCCCCC1C#N. The number of hydrogen-bond donors (Lipinski definition) is 0. The van der Waals surface area contributed by atoms with Crippen molar-refractivity contribution in [2.24, 2.45) is 5.92 Å². The predicted molar refractivity (Wildman–Crippen MR) is 69.6 cm³/mol. The normalized spacial score (nSPS) is 25.5. The number of rotatable bonds is 3. The summed E-state index contributed by atoms with van der Waals surface area (Å²) in [7, 11) is 2.12. The van der Waals surface area contributed by atoms with Gasteiger partial charge in [0.05, 0.1) is 23.2 Å². The third-order valence-electron chi connectivity index (χ3n) is 3.61. The van der Waals surface area contributed by atoms with Crippen LogP contribution < -0.4 is 0 Å². The minimum atomic E-state index is 0.195. The Hall–Kier alpha value is -0.920. The van der Waals surface area contributed by atoms with E-state index < -0.39 is 0 Å². The van der Waals surface area contributed by atoms with E-state index in [1.807, 2.05) is 5.51 Å². The second kappa shape index (κ2) is 6.13. The first kappa shape index (κ1) is 12.5. The maximum Gasteiger partial charge on any atom is 0.0795 e. The van der Waals surface area contributed by atoms with E-state index >= 15 is 0 Å². The van der Waals surface area contributed by atoms with Crippen molar-refractivity contribution in [2.45, 2.75) is 44.7 Å². The fraction of sp³-hybridized carbons (Fsp3) is 0.692. The van der Waals surface area contributed by atoms with Crippen molar-refractivity contribution in [2.75, 3.05) is 7.05 Å². The summed E-state index contributed by atoms with van der Waals surface area (Å²) in [6.07, 6.45) is 5.95. The number of nitrogens with zero attached hydrogens (tertiary/aromatic N) is 3. The molecule has 0 radical (unpaired) electrons. The average Bonchev–Trinajstić information content (AvgIpc) is 2.71. The van der Waals surface area contributed by atoms with E-state index in [1.165, 1.54) is 19.3 Å². The van der Waals surface area contributed by atoms with Gasteiger partial charge >= 0.3 is 0 Å². The Labute approximate surface area is 107 Å². The molecule has 0 N–H and O–H groups in total. The topological polar surface area (TPSA) is 39.9 Å². The molecule has 0 spiro atoms. The van der Waals surface area contributed by atoms with Gasteiger partial charge in [-0.1, -0.05) is 19.3 Å². The molecule has 2 rings (SSSR count). The van der Waals surface area contributed by atoms with Crippen molar-refractivity contribution in [3.05, 3.63) is 16.6 Å². The lowest BCUT2D eigenvalue weighted by molar-refractivity contribution is 0.181. The first-order valence-electron chi connectivity index (χ1n) is 6.28. The highest BCUT2D eigenvalue weighted by Gasteiger charge is 2.27. The van der Waals surface area contributed by atoms with Crippen molar-refractivity contribution < 1.29 is 0 Å². The maximum atomic E-state index is 9.27. The van der Waals surface area contributed by atoms with E-state index in [2.05, 4.69) is 28.4 Å². The van der Waals surface area contributed by atoms with Crippen LogP contribution >= 0.6 is 11.3 Å². The zero-order chi connectivity index (χ0) is 12.1. The van der Waals surface area contributed by atoms with Crippen LogP contribution in [0.3, 0.4) is 0 Å². The third kappa shape index (κ3) is 3.27. The number of hydrogen-bond acceptors (Lipinski definition) is 4. The van der Waals surface area contributed by atoms with Gasteiger partial charge in [0.25, 0.3) is 0 Å². The van der Waals surface area contributed by atoms with Crippen LogP contribution in [0.4, 0.5) is 0 Å². The van der Waals surface area contributed by atoms with E-state index in [4.69, 9.17) is 0 Å². The molecule has 0 bridgehead atoms. The Morgan fingerprint density at radius 1 is 1.47 bits per heavy atom. The Bertz CT molecular complexity index is 369. The van der Waals surface area contributed by atoms with Gasteiger partial charge in [-0.05, 0) is 19.9 Å². The number of aromatic nitrogens is 1. The van der Waals surface area contributed by atoms with Crippen molar-refractivity contribution in [1.29, 1.82) is 5.26 Å². The van der Waals surface area contributed by atoms with Crippen molar-refractivity contribution in [3.63, 3.8) is 0 Å². The predicted octanol–water partition coefficient (Wildman–Crippen LogP) is 3.05. The molecule has 1 aliphatic carbocycles. The van der Waals surface area contributed by atoms with Gasteiger partial charge in [0.1, 0.15) is 0 Å². The molecule has 1 heterocycles. The molecule has 0 aliphatic heterocycles. The molecule has 2 atom stereocenters. The molecule has 17 heavy (non-hydrogen) atoms. The lowest BCUT2D eigenvalue weighted by Crippen LogP contribution is -2.36. The monoisotopic (exact) mass is 249 g/mol. The summed E-state index contributed by atoms with van der Waals surface area (Å²) < 4.78 is 0. The zero-order valence-electron chi connectivity index (χ0n) is 10.3. The average molecular weight is 249 g/mol. The molecule has 4 heteroatoms. The van der Waals surface area contributed by atoms with Gasteiger partial charge in [-0.25, -0.2) is 4.98 Å². The van der Waals surface area contributed by atoms with Crippen LogP contribution in [-0.4, -0.2) is 23.0 Å². The molecule has 1 aliphatic rings. The molecule has 0 amide bonds. The van der Waals surface area contributed by atoms with Gasteiger partial charge < -0.3 is 0 Å². The van der Waals surface area contributed by atoms with Gasteiger partial charge in [-0.3, -0.25) is 4.90 Å². The minimum Gasteiger partial charge on any atom is -0.296 e. The molecular weight excluding hydrogens is 230 g/mol. The van der Waals surface area contributed by atoms with Gasteiger partial charge in [0, 0.05) is 18.0 Å². The van der Waals surface area contributed by atoms with Crippen LogP contribution in [0.5, 0.6) is 0 Å². The summed E-state index contributed by atoms with van der Waals surface area (Å²) in [6.45, 7) is 0.867. The summed E-state index contributed by atoms with van der Waals surface area (Å²) in [5.74, 6) is 0.195. The van der Waals surface area contributed by atoms with Crippen LogP contribution in [0.2, 0.25) is 0 Å². The largest absolute Gasteiger partial charge is 0.296 e. The Morgan fingerprint density at radius 3 is 3.00 bits per heavy atom. The highest BCUT2D eigenvalue weighted by Crippen LogP contribution is 2.27. The number of nitriles is 1. The van der Waals surface area contributed by atoms with E-state index in [0.717, 1.165) is 25.1 Å². The second-order valence-corrected chi connectivity index (χ2v) is 5.55. The lowest BCUT2D eigenvalue weighted by Gasteiger charge is -2.29. The Kier molecular flexibility index (Phi) is 4.52. The van der Waals surface area contributed by atoms with Crippen LogP contribution in [0.1, 0.15) is 37.8 Å². The van der Waals surface area contributed by atoms with E-state index in [-0.39, 0.29) is 5.92 Å². The highest BCUT2D eigenvalue weighted by molar-refractivity contribution is 7.07. The van der Waals surface area contributed by atoms with E-state index in [0.29, 0.717) is 6.04 Å². The molecule has 1 saturated carbocycles. The van der Waals surface area contributed by atoms with E-state index in [9.17, 15) is 5.26 Å². The summed E-state index contributed by atoms with van der Waals surface area (Å²) in [4.78, 5) is 6.63. The lowest BCUT2D eigenvalue weighted by atomic mass is 9.95. The summed E-state index contributed by atoms with van der Waals surface area (Å²) in [6, 6.07) is 2.90. The van der Waals surface area contributed by atoms with Crippen LogP contribution in [-0.2, 0) is 6.54 Å². The first-order chi connectivity index (χ1) is 8.31. The van der Waals surface area contributed by atoms with Gasteiger partial charge in [-0.2, -0.15) is 5.26 Å². The molecular formula is C13H19N3S. The fourth-order valence-electron chi connectivity index (χ4n) is 2.65. The third-order valence-corrected chi connectivity index (χ3v) is 4.24. The van der Waals surface area contributed by atoms with Crippen LogP contribution in [0.25, 0.3) is 0 Å². The zero-order valence-corrected chi connectivity index (χ0v) is 11.1. The van der Waals surface area contributed by atoms with Crippen LogP contribution in [0.15, 0.2) is 10.9 Å². The minimum absolute atomic E-state index is 0.195. The summed E-state index contributed by atoms with van der Waals surface area (Å²) in [5.41, 5.74) is 3.00. The van der Waals surface area contributed by atoms with Gasteiger partial charge in [0.2, 0.25) is 0 Å². The fourth-order valence-corrected chi connectivity index (χ4v) is 3.20. The quantitative estimate of drug-likeness (QED) is 0.773. The Morgan fingerprint density at radius 2 is 2.29 bits per heavy atom. The second-order valence-electron chi connectivity index (χ2n) is 4.84. The smallest absolute Gasteiger partial charge is 0.0795 e. The molecule has 1 aromatic rings. The summed E-state index contributed by atoms with van der Waals surface area (Å²) in [5, 5.41) is 11.4. The molecule has 2 unspecified atom stereocenters.